The van der Waals surface area contributed by atoms with E-state index in [1.807, 2.05) is 4.90 Å². The molecule has 0 aromatic carbocycles. The standard InChI is InChI=1S/C14H24N2O3/c1-10(17)4-7-15-13(18)11-5-8-16(9-6-11)14(19)12-2-3-12/h10-12,17H,2-9H2,1H3,(H,15,18). The third-order valence-electron chi connectivity index (χ3n) is 3.97. The maximum atomic E-state index is 11.9. The summed E-state index contributed by atoms with van der Waals surface area (Å²) < 4.78 is 0. The minimum Gasteiger partial charge on any atom is -0.393 e. The van der Waals surface area contributed by atoms with Crippen molar-refractivity contribution < 1.29 is 14.7 Å². The number of carbonyl (C=O) groups is 2. The molecular formula is C14H24N2O3. The Hall–Kier alpha value is -1.10. The number of hydrogen-bond donors (Lipinski definition) is 2. The SMILES string of the molecule is CC(O)CCNC(=O)C1CCN(C(=O)C2CC2)CC1. The second-order valence-corrected chi connectivity index (χ2v) is 5.80. The Labute approximate surface area is 114 Å². The van der Waals surface area contributed by atoms with Crippen LogP contribution in [0.1, 0.15) is 39.0 Å². The van der Waals surface area contributed by atoms with Gasteiger partial charge in [-0.05, 0) is 39.0 Å². The molecule has 5 nitrogen and oxygen atoms in total. The Bertz CT molecular complexity index is 332. The van der Waals surface area contributed by atoms with Gasteiger partial charge < -0.3 is 15.3 Å². The Morgan fingerprint density at radius 3 is 2.37 bits per heavy atom. The number of aliphatic hydroxyl groups excluding tert-OH is 1. The molecule has 0 bridgehead atoms. The highest BCUT2D eigenvalue weighted by molar-refractivity contribution is 5.82. The molecule has 1 heterocycles. The van der Waals surface area contributed by atoms with Gasteiger partial charge in [0.25, 0.3) is 0 Å². The van der Waals surface area contributed by atoms with Gasteiger partial charge in [0.15, 0.2) is 0 Å². The van der Waals surface area contributed by atoms with Crippen LogP contribution in [0, 0.1) is 11.8 Å². The highest BCUT2D eigenvalue weighted by atomic mass is 16.3. The van der Waals surface area contributed by atoms with Crippen LogP contribution < -0.4 is 5.32 Å². The van der Waals surface area contributed by atoms with Gasteiger partial charge in [-0.15, -0.1) is 0 Å². The van der Waals surface area contributed by atoms with Gasteiger partial charge in [-0.2, -0.15) is 0 Å². The van der Waals surface area contributed by atoms with Crippen LogP contribution in [0.3, 0.4) is 0 Å². The molecule has 2 amide bonds. The fraction of sp³-hybridized carbons (Fsp3) is 0.857. The van der Waals surface area contributed by atoms with Gasteiger partial charge >= 0.3 is 0 Å². The molecule has 2 N–H and O–H groups in total. The molecule has 5 heteroatoms. The fourth-order valence-electron chi connectivity index (χ4n) is 2.50. The predicted molar refractivity (Wildman–Crippen MR) is 71.3 cm³/mol. The zero-order chi connectivity index (χ0) is 13.8. The summed E-state index contributed by atoms with van der Waals surface area (Å²) in [7, 11) is 0. The molecule has 19 heavy (non-hydrogen) atoms. The van der Waals surface area contributed by atoms with Gasteiger partial charge in [0.2, 0.25) is 11.8 Å². The first-order valence-corrected chi connectivity index (χ1v) is 7.32. The highest BCUT2D eigenvalue weighted by Gasteiger charge is 2.35. The van der Waals surface area contributed by atoms with E-state index < -0.39 is 0 Å². The summed E-state index contributed by atoms with van der Waals surface area (Å²) in [5.74, 6) is 0.654. The summed E-state index contributed by atoms with van der Waals surface area (Å²) in [6, 6.07) is 0. The lowest BCUT2D eigenvalue weighted by atomic mass is 9.95. The molecule has 2 aliphatic rings. The van der Waals surface area contributed by atoms with Crippen LogP contribution >= 0.6 is 0 Å². The smallest absolute Gasteiger partial charge is 0.225 e. The third-order valence-corrected chi connectivity index (χ3v) is 3.97. The van der Waals surface area contributed by atoms with E-state index in [2.05, 4.69) is 5.32 Å². The van der Waals surface area contributed by atoms with Crippen molar-refractivity contribution in [3.63, 3.8) is 0 Å². The van der Waals surface area contributed by atoms with Gasteiger partial charge in [-0.25, -0.2) is 0 Å². The van der Waals surface area contributed by atoms with Crippen LogP contribution in [-0.2, 0) is 9.59 Å². The number of hydrogen-bond acceptors (Lipinski definition) is 3. The normalized spacial score (nSPS) is 22.1. The van der Waals surface area contributed by atoms with Crippen molar-refractivity contribution in [3.8, 4) is 0 Å². The molecule has 1 saturated heterocycles. The first kappa shape index (κ1) is 14.3. The van der Waals surface area contributed by atoms with E-state index in [4.69, 9.17) is 5.11 Å². The maximum Gasteiger partial charge on any atom is 0.225 e. The van der Waals surface area contributed by atoms with Crippen molar-refractivity contribution >= 4 is 11.8 Å². The molecule has 2 rings (SSSR count). The quantitative estimate of drug-likeness (QED) is 0.764. The molecule has 2 fully saturated rings. The first-order chi connectivity index (χ1) is 9.08. The molecule has 1 aliphatic heterocycles. The molecule has 0 aromatic heterocycles. The molecule has 0 aromatic rings. The first-order valence-electron chi connectivity index (χ1n) is 7.32. The molecule has 1 aliphatic carbocycles. The summed E-state index contributed by atoms with van der Waals surface area (Å²) in [5, 5.41) is 12.0. The number of rotatable bonds is 5. The van der Waals surface area contributed by atoms with Gasteiger partial charge in [0.1, 0.15) is 0 Å². The van der Waals surface area contributed by atoms with Gasteiger partial charge in [0, 0.05) is 31.5 Å². The van der Waals surface area contributed by atoms with Crippen molar-refractivity contribution in [2.45, 2.75) is 45.1 Å². The summed E-state index contributed by atoms with van der Waals surface area (Å²) in [4.78, 5) is 25.7. The minimum atomic E-state index is -0.377. The number of likely N-dealkylation sites (tertiary alicyclic amines) is 1. The lowest BCUT2D eigenvalue weighted by Crippen LogP contribution is -2.43. The van der Waals surface area contributed by atoms with E-state index in [0.717, 1.165) is 25.7 Å². The Balaban J connectivity index is 1.67. The van der Waals surface area contributed by atoms with E-state index in [-0.39, 0.29) is 29.8 Å². The van der Waals surface area contributed by atoms with Gasteiger partial charge in [-0.3, -0.25) is 9.59 Å². The number of amides is 2. The number of carbonyl (C=O) groups excluding carboxylic acids is 2. The summed E-state index contributed by atoms with van der Waals surface area (Å²) in [6.07, 6.45) is 3.82. The average molecular weight is 268 g/mol. The summed E-state index contributed by atoms with van der Waals surface area (Å²) >= 11 is 0. The third kappa shape index (κ3) is 4.20. The lowest BCUT2D eigenvalue weighted by molar-refractivity contribution is -0.136. The zero-order valence-corrected chi connectivity index (χ0v) is 11.6. The van der Waals surface area contributed by atoms with Gasteiger partial charge in [0.05, 0.1) is 6.10 Å². The molecule has 0 spiro atoms. The second kappa shape index (κ2) is 6.37. The number of nitrogens with zero attached hydrogens (tertiary/aromatic N) is 1. The average Bonchev–Trinajstić information content (AvgIpc) is 3.22. The highest BCUT2D eigenvalue weighted by Crippen LogP contribution is 2.32. The maximum absolute atomic E-state index is 11.9. The Kier molecular flexibility index (Phi) is 4.80. The molecule has 1 saturated carbocycles. The van der Waals surface area contributed by atoms with Crippen molar-refractivity contribution in [2.75, 3.05) is 19.6 Å². The Morgan fingerprint density at radius 2 is 1.84 bits per heavy atom. The minimum absolute atomic E-state index is 0.0252. The van der Waals surface area contributed by atoms with Crippen LogP contribution in [0.4, 0.5) is 0 Å². The summed E-state index contributed by atoms with van der Waals surface area (Å²) in [5.41, 5.74) is 0. The molecule has 1 unspecified atom stereocenters. The zero-order valence-electron chi connectivity index (χ0n) is 11.6. The number of nitrogens with one attached hydrogen (secondary N) is 1. The Morgan fingerprint density at radius 1 is 1.21 bits per heavy atom. The monoisotopic (exact) mass is 268 g/mol. The molecular weight excluding hydrogens is 244 g/mol. The van der Waals surface area contributed by atoms with Crippen molar-refractivity contribution in [1.29, 1.82) is 0 Å². The lowest BCUT2D eigenvalue weighted by Gasteiger charge is -2.31. The summed E-state index contributed by atoms with van der Waals surface area (Å²) in [6.45, 7) is 3.67. The van der Waals surface area contributed by atoms with E-state index in [1.165, 1.54) is 0 Å². The van der Waals surface area contributed by atoms with Crippen LogP contribution in [0.25, 0.3) is 0 Å². The van der Waals surface area contributed by atoms with E-state index in [9.17, 15) is 9.59 Å². The number of piperidine rings is 1. The second-order valence-electron chi connectivity index (χ2n) is 5.80. The molecule has 0 radical (unpaired) electrons. The van der Waals surface area contributed by atoms with Crippen LogP contribution in [-0.4, -0.2) is 47.6 Å². The van der Waals surface area contributed by atoms with E-state index in [0.29, 0.717) is 26.1 Å². The van der Waals surface area contributed by atoms with Gasteiger partial charge in [-0.1, -0.05) is 0 Å². The molecule has 108 valence electrons. The van der Waals surface area contributed by atoms with Crippen molar-refractivity contribution in [1.82, 2.24) is 10.2 Å². The van der Waals surface area contributed by atoms with Crippen molar-refractivity contribution in [2.24, 2.45) is 11.8 Å². The molecule has 1 atom stereocenters. The van der Waals surface area contributed by atoms with Crippen LogP contribution in [0.5, 0.6) is 0 Å². The largest absolute Gasteiger partial charge is 0.393 e. The van der Waals surface area contributed by atoms with Crippen LogP contribution in [0.15, 0.2) is 0 Å². The van der Waals surface area contributed by atoms with E-state index in [1.54, 1.807) is 6.92 Å². The fourth-order valence-corrected chi connectivity index (χ4v) is 2.50. The van der Waals surface area contributed by atoms with Crippen molar-refractivity contribution in [3.05, 3.63) is 0 Å². The number of aliphatic hydroxyl groups is 1. The topological polar surface area (TPSA) is 69.6 Å². The predicted octanol–water partition coefficient (Wildman–Crippen LogP) is 0.522. The van der Waals surface area contributed by atoms with Crippen LogP contribution in [0.2, 0.25) is 0 Å². The van der Waals surface area contributed by atoms with E-state index >= 15 is 0 Å².